The first kappa shape index (κ1) is 15.1. The third kappa shape index (κ3) is 2.92. The molecule has 0 aliphatic carbocycles. The van der Waals surface area contributed by atoms with Crippen molar-refractivity contribution in [3.8, 4) is 0 Å². The van der Waals surface area contributed by atoms with Crippen molar-refractivity contribution < 1.29 is 18.3 Å². The minimum atomic E-state index is -3.85. The van der Waals surface area contributed by atoms with Gasteiger partial charge in [0.25, 0.3) is 10.0 Å². The first-order valence-electron chi connectivity index (χ1n) is 6.24. The van der Waals surface area contributed by atoms with Crippen molar-refractivity contribution in [1.82, 2.24) is 4.68 Å². The highest BCUT2D eigenvalue weighted by molar-refractivity contribution is 7.92. The van der Waals surface area contributed by atoms with Crippen molar-refractivity contribution in [2.75, 3.05) is 4.83 Å². The lowest BCUT2D eigenvalue weighted by molar-refractivity contribution is 0.0696. The number of aromatic nitrogens is 1. The van der Waals surface area contributed by atoms with E-state index in [1.165, 1.54) is 16.8 Å². The monoisotopic (exact) mass is 308 g/mol. The third-order valence-corrected chi connectivity index (χ3v) is 4.53. The summed E-state index contributed by atoms with van der Waals surface area (Å²) in [4.78, 5) is 13.5. The highest BCUT2D eigenvalue weighted by atomic mass is 32.2. The maximum Gasteiger partial charge on any atom is 0.335 e. The summed E-state index contributed by atoms with van der Waals surface area (Å²) < 4.78 is 26.2. The Balaban J connectivity index is 2.45. The number of carboxylic acid groups (broad SMARTS) is 1. The minimum Gasteiger partial charge on any atom is -0.478 e. The number of carboxylic acids is 1. The number of carbonyl (C=O) groups is 1. The molecule has 0 saturated carbocycles. The van der Waals surface area contributed by atoms with Gasteiger partial charge in [-0.1, -0.05) is 6.07 Å². The van der Waals surface area contributed by atoms with Crippen molar-refractivity contribution in [3.63, 3.8) is 0 Å². The van der Waals surface area contributed by atoms with Crippen LogP contribution in [0.3, 0.4) is 0 Å². The second-order valence-electron chi connectivity index (χ2n) is 4.83. The van der Waals surface area contributed by atoms with Crippen molar-refractivity contribution in [2.45, 2.75) is 25.7 Å². The molecule has 1 heterocycles. The normalized spacial score (nSPS) is 11.4. The Kier molecular flexibility index (Phi) is 3.78. The summed E-state index contributed by atoms with van der Waals surface area (Å²) in [5.41, 5.74) is 1.96. The highest BCUT2D eigenvalue weighted by Crippen LogP contribution is 2.17. The maximum absolute atomic E-state index is 12.4. The van der Waals surface area contributed by atoms with E-state index >= 15 is 0 Å². The van der Waals surface area contributed by atoms with E-state index in [-0.39, 0.29) is 10.5 Å². The number of sulfonamides is 1. The van der Waals surface area contributed by atoms with E-state index in [0.29, 0.717) is 5.56 Å². The second-order valence-corrected chi connectivity index (χ2v) is 6.49. The zero-order valence-electron chi connectivity index (χ0n) is 11.9. The van der Waals surface area contributed by atoms with Crippen LogP contribution < -0.4 is 4.83 Å². The van der Waals surface area contributed by atoms with E-state index in [1.807, 2.05) is 0 Å². The van der Waals surface area contributed by atoms with E-state index in [0.717, 1.165) is 17.5 Å². The molecule has 0 radical (unpaired) electrons. The smallest absolute Gasteiger partial charge is 0.335 e. The topological polar surface area (TPSA) is 88.4 Å². The largest absolute Gasteiger partial charge is 0.478 e. The number of hydrogen-bond donors (Lipinski definition) is 2. The molecule has 2 N–H and O–H groups in total. The molecule has 1 aromatic carbocycles. The molecule has 112 valence electrons. The molecule has 0 amide bonds. The average Bonchev–Trinajstić information content (AvgIpc) is 2.70. The number of nitrogens with zero attached hydrogens (tertiary/aromatic N) is 1. The fourth-order valence-corrected chi connectivity index (χ4v) is 3.14. The van der Waals surface area contributed by atoms with Gasteiger partial charge in [0.2, 0.25) is 0 Å². The van der Waals surface area contributed by atoms with E-state index in [4.69, 9.17) is 5.11 Å². The predicted molar refractivity (Wildman–Crippen MR) is 78.6 cm³/mol. The van der Waals surface area contributed by atoms with Crippen LogP contribution in [0.1, 0.15) is 27.3 Å². The molecule has 0 bridgehead atoms. The van der Waals surface area contributed by atoms with Crippen LogP contribution in [0.25, 0.3) is 0 Å². The first-order valence-corrected chi connectivity index (χ1v) is 7.72. The van der Waals surface area contributed by atoms with E-state index in [2.05, 4.69) is 4.83 Å². The van der Waals surface area contributed by atoms with Gasteiger partial charge < -0.3 is 5.11 Å². The van der Waals surface area contributed by atoms with Crippen LogP contribution in [0, 0.1) is 20.8 Å². The molecule has 7 heteroatoms. The third-order valence-electron chi connectivity index (χ3n) is 3.23. The zero-order chi connectivity index (χ0) is 15.8. The summed E-state index contributed by atoms with van der Waals surface area (Å²) in [6.45, 7) is 5.16. The van der Waals surface area contributed by atoms with E-state index < -0.39 is 16.0 Å². The SMILES string of the molecule is Cc1ccc(S(=O)(=O)Nn2c(C)ccc2C)cc1C(=O)O. The predicted octanol–water partition coefficient (Wildman–Crippen LogP) is 2.04. The zero-order valence-corrected chi connectivity index (χ0v) is 12.7. The summed E-state index contributed by atoms with van der Waals surface area (Å²) in [6.07, 6.45) is 0. The van der Waals surface area contributed by atoms with Crippen molar-refractivity contribution >= 4 is 16.0 Å². The maximum atomic E-state index is 12.4. The molecule has 0 atom stereocenters. The molecule has 2 rings (SSSR count). The van der Waals surface area contributed by atoms with Gasteiger partial charge in [0.15, 0.2) is 0 Å². The summed E-state index contributed by atoms with van der Waals surface area (Å²) in [5, 5.41) is 9.08. The number of rotatable bonds is 4. The molecule has 0 spiro atoms. The Morgan fingerprint density at radius 2 is 1.67 bits per heavy atom. The van der Waals surface area contributed by atoms with Gasteiger partial charge in [-0.15, -0.1) is 0 Å². The lowest BCUT2D eigenvalue weighted by atomic mass is 10.1. The number of benzene rings is 1. The Hall–Kier alpha value is -2.28. The molecule has 0 aliphatic heterocycles. The number of nitrogens with one attached hydrogen (secondary N) is 1. The Morgan fingerprint density at radius 1 is 1.10 bits per heavy atom. The lowest BCUT2D eigenvalue weighted by Crippen LogP contribution is -2.25. The summed E-state index contributed by atoms with van der Waals surface area (Å²) in [5.74, 6) is -1.15. The van der Waals surface area contributed by atoms with Gasteiger partial charge in [0, 0.05) is 11.4 Å². The fraction of sp³-hybridized carbons (Fsp3) is 0.214. The Labute approximate surface area is 123 Å². The van der Waals surface area contributed by atoms with Crippen molar-refractivity contribution in [2.24, 2.45) is 0 Å². The summed E-state index contributed by atoms with van der Waals surface area (Å²) in [7, 11) is -3.85. The first-order chi connectivity index (χ1) is 9.72. The molecule has 1 aromatic heterocycles. The van der Waals surface area contributed by atoms with Gasteiger partial charge in [-0.2, -0.15) is 8.42 Å². The molecule has 21 heavy (non-hydrogen) atoms. The van der Waals surface area contributed by atoms with E-state index in [9.17, 15) is 13.2 Å². The summed E-state index contributed by atoms with van der Waals surface area (Å²) >= 11 is 0. The van der Waals surface area contributed by atoms with Gasteiger partial charge >= 0.3 is 5.97 Å². The quantitative estimate of drug-likeness (QED) is 0.904. The Morgan fingerprint density at radius 3 is 2.19 bits per heavy atom. The minimum absolute atomic E-state index is 0.0289. The van der Waals surface area contributed by atoms with E-state index in [1.54, 1.807) is 32.9 Å². The molecular weight excluding hydrogens is 292 g/mol. The van der Waals surface area contributed by atoms with Crippen LogP contribution in [-0.4, -0.2) is 24.2 Å². The van der Waals surface area contributed by atoms with Crippen LogP contribution >= 0.6 is 0 Å². The van der Waals surface area contributed by atoms with Gasteiger partial charge in [-0.05, 0) is 50.6 Å². The molecule has 2 aromatic rings. The summed E-state index contributed by atoms with van der Waals surface area (Å²) in [6, 6.07) is 7.60. The number of aryl methyl sites for hydroxylation is 3. The molecular formula is C14H16N2O4S. The highest BCUT2D eigenvalue weighted by Gasteiger charge is 2.19. The Bertz CT molecular complexity index is 787. The van der Waals surface area contributed by atoms with Gasteiger partial charge in [0.05, 0.1) is 10.5 Å². The van der Waals surface area contributed by atoms with Crippen LogP contribution in [0.4, 0.5) is 0 Å². The van der Waals surface area contributed by atoms with Crippen LogP contribution in [0.15, 0.2) is 35.2 Å². The van der Waals surface area contributed by atoms with Gasteiger partial charge in [0.1, 0.15) is 0 Å². The van der Waals surface area contributed by atoms with Crippen molar-refractivity contribution in [3.05, 3.63) is 52.8 Å². The van der Waals surface area contributed by atoms with Gasteiger partial charge in [-0.3, -0.25) is 4.68 Å². The second kappa shape index (κ2) is 5.25. The average molecular weight is 308 g/mol. The molecule has 0 unspecified atom stereocenters. The van der Waals surface area contributed by atoms with Crippen LogP contribution in [-0.2, 0) is 10.0 Å². The van der Waals surface area contributed by atoms with Crippen LogP contribution in [0.5, 0.6) is 0 Å². The fourth-order valence-electron chi connectivity index (χ4n) is 1.98. The van der Waals surface area contributed by atoms with Crippen LogP contribution in [0.2, 0.25) is 0 Å². The molecule has 6 nitrogen and oxygen atoms in total. The number of hydrogen-bond acceptors (Lipinski definition) is 3. The lowest BCUT2D eigenvalue weighted by Gasteiger charge is -2.14. The van der Waals surface area contributed by atoms with Gasteiger partial charge in [-0.25, -0.2) is 9.63 Å². The number of aromatic carboxylic acids is 1. The molecule has 0 saturated heterocycles. The molecule has 0 aliphatic rings. The van der Waals surface area contributed by atoms with Crippen molar-refractivity contribution in [1.29, 1.82) is 0 Å². The standard InChI is InChI=1S/C14H16N2O4S/c1-9-4-7-12(8-13(9)14(17)18)21(19,20)15-16-10(2)5-6-11(16)3/h4-8,15H,1-3H3,(H,17,18). The molecule has 0 fully saturated rings.